The second kappa shape index (κ2) is 5.49. The molecule has 2 N–H and O–H groups in total. The zero-order valence-electron chi connectivity index (χ0n) is 15.6. The Balaban J connectivity index is 2.06. The molecule has 0 saturated carbocycles. The van der Waals surface area contributed by atoms with Crippen LogP contribution in [-0.2, 0) is 14.9 Å². The lowest BCUT2D eigenvalue weighted by Gasteiger charge is -2.41. The van der Waals surface area contributed by atoms with Crippen LogP contribution in [0.15, 0.2) is 33.3 Å². The van der Waals surface area contributed by atoms with Crippen molar-refractivity contribution in [1.82, 2.24) is 0 Å². The van der Waals surface area contributed by atoms with E-state index in [9.17, 15) is 19.8 Å². The lowest BCUT2D eigenvalue weighted by atomic mass is 9.61. The summed E-state index contributed by atoms with van der Waals surface area (Å²) in [6.45, 7) is 5.39. The first-order chi connectivity index (χ1) is 12.7. The summed E-state index contributed by atoms with van der Waals surface area (Å²) in [5.41, 5.74) is 1.74. The van der Waals surface area contributed by atoms with E-state index in [0.717, 1.165) is 0 Å². The summed E-state index contributed by atoms with van der Waals surface area (Å²) in [6, 6.07) is 1.60. The maximum absolute atomic E-state index is 12.9. The van der Waals surface area contributed by atoms with Gasteiger partial charge in [-0.05, 0) is 50.0 Å². The topological polar surface area (TPSA) is 97.0 Å². The van der Waals surface area contributed by atoms with E-state index in [-0.39, 0.29) is 22.6 Å². The number of benzene rings is 1. The van der Waals surface area contributed by atoms with Crippen molar-refractivity contribution >= 4 is 22.7 Å². The molecular formula is C21H20O6. The van der Waals surface area contributed by atoms with Crippen LogP contribution in [0.4, 0.5) is 0 Å². The van der Waals surface area contributed by atoms with Crippen LogP contribution in [0.2, 0.25) is 0 Å². The highest BCUT2D eigenvalue weighted by Crippen LogP contribution is 2.56. The normalized spacial score (nSPS) is 21.8. The van der Waals surface area contributed by atoms with E-state index >= 15 is 0 Å². The molecule has 0 amide bonds. The molecule has 1 aromatic heterocycles. The van der Waals surface area contributed by atoms with Crippen molar-refractivity contribution in [1.29, 1.82) is 0 Å². The smallest absolute Gasteiger partial charge is 0.333 e. The Labute approximate surface area is 155 Å². The van der Waals surface area contributed by atoms with E-state index in [1.54, 1.807) is 19.9 Å². The summed E-state index contributed by atoms with van der Waals surface area (Å²) in [5, 5.41) is 22.0. The van der Waals surface area contributed by atoms with Crippen molar-refractivity contribution in [2.75, 3.05) is 7.11 Å². The number of phenols is 2. The van der Waals surface area contributed by atoms with Gasteiger partial charge in [0, 0.05) is 16.6 Å². The van der Waals surface area contributed by atoms with Crippen molar-refractivity contribution in [3.05, 3.63) is 45.7 Å². The van der Waals surface area contributed by atoms with Crippen LogP contribution < -0.4 is 0 Å². The highest BCUT2D eigenvalue weighted by Gasteiger charge is 2.46. The molecule has 1 unspecified atom stereocenters. The summed E-state index contributed by atoms with van der Waals surface area (Å²) in [7, 11) is 1.33. The third-order valence-corrected chi connectivity index (χ3v) is 5.88. The first-order valence-corrected chi connectivity index (χ1v) is 8.74. The van der Waals surface area contributed by atoms with Crippen LogP contribution in [0.3, 0.4) is 0 Å². The molecule has 0 spiro atoms. The van der Waals surface area contributed by atoms with Crippen molar-refractivity contribution in [3.63, 3.8) is 0 Å². The van der Waals surface area contributed by atoms with Crippen LogP contribution in [0.5, 0.6) is 11.5 Å². The molecule has 0 fully saturated rings. The molecule has 0 bridgehead atoms. The van der Waals surface area contributed by atoms with E-state index in [0.29, 0.717) is 46.3 Å². The summed E-state index contributed by atoms with van der Waals surface area (Å²) in [6.07, 6.45) is 2.38. The Morgan fingerprint density at radius 2 is 1.96 bits per heavy atom. The number of phenolic OH excluding ortho intramolecular Hbond substituents is 2. The molecule has 27 heavy (non-hydrogen) atoms. The van der Waals surface area contributed by atoms with Gasteiger partial charge in [0.25, 0.3) is 0 Å². The average molecular weight is 368 g/mol. The fourth-order valence-electron chi connectivity index (χ4n) is 4.51. The van der Waals surface area contributed by atoms with Gasteiger partial charge < -0.3 is 19.4 Å². The van der Waals surface area contributed by atoms with Gasteiger partial charge in [-0.15, -0.1) is 0 Å². The van der Waals surface area contributed by atoms with E-state index < -0.39 is 17.2 Å². The molecule has 2 aliphatic rings. The number of hydrogen-bond donors (Lipinski definition) is 2. The number of esters is 1. The van der Waals surface area contributed by atoms with Crippen LogP contribution in [0.1, 0.15) is 48.4 Å². The molecule has 6 heteroatoms. The maximum atomic E-state index is 12.9. The van der Waals surface area contributed by atoms with Crippen molar-refractivity contribution in [2.45, 2.75) is 39.0 Å². The SMILES string of the molecule is COC(=O)C1=C(C)C2=CC(=O)c3c(c(O)c4oc(C)cc4c3O)C2(C)CC1. The lowest BCUT2D eigenvalue weighted by Crippen LogP contribution is -2.36. The van der Waals surface area contributed by atoms with E-state index in [1.807, 2.05) is 6.92 Å². The van der Waals surface area contributed by atoms with Gasteiger partial charge in [0.2, 0.25) is 0 Å². The fourth-order valence-corrected chi connectivity index (χ4v) is 4.51. The Bertz CT molecular complexity index is 1100. The van der Waals surface area contributed by atoms with E-state index in [4.69, 9.17) is 9.15 Å². The largest absolute Gasteiger partial charge is 0.506 e. The number of ketones is 1. The lowest BCUT2D eigenvalue weighted by molar-refractivity contribution is -0.136. The molecule has 1 atom stereocenters. The molecule has 0 aliphatic heterocycles. The van der Waals surface area contributed by atoms with Gasteiger partial charge in [0.05, 0.1) is 18.1 Å². The number of aryl methyl sites for hydroxylation is 1. The number of aromatic hydroxyl groups is 2. The van der Waals surface area contributed by atoms with Crippen molar-refractivity contribution in [2.24, 2.45) is 0 Å². The van der Waals surface area contributed by atoms with Crippen LogP contribution in [0, 0.1) is 6.92 Å². The Morgan fingerprint density at radius 1 is 1.26 bits per heavy atom. The molecule has 1 aromatic carbocycles. The van der Waals surface area contributed by atoms with Gasteiger partial charge in [0.1, 0.15) is 11.5 Å². The van der Waals surface area contributed by atoms with Gasteiger partial charge in [0.15, 0.2) is 17.1 Å². The van der Waals surface area contributed by atoms with Gasteiger partial charge in [-0.1, -0.05) is 6.92 Å². The Kier molecular flexibility index (Phi) is 3.54. The molecule has 1 heterocycles. The van der Waals surface area contributed by atoms with Crippen LogP contribution >= 0.6 is 0 Å². The number of carbonyl (C=O) groups is 2. The molecule has 4 rings (SSSR count). The molecule has 6 nitrogen and oxygen atoms in total. The Hall–Kier alpha value is -3.02. The minimum Gasteiger partial charge on any atom is -0.506 e. The zero-order chi connectivity index (χ0) is 19.7. The number of carbonyl (C=O) groups excluding carboxylic acids is 2. The molecule has 140 valence electrons. The number of furan rings is 1. The number of fused-ring (bicyclic) bond motifs is 4. The molecule has 2 aromatic rings. The second-order valence-electron chi connectivity index (χ2n) is 7.40. The minimum atomic E-state index is -0.735. The van der Waals surface area contributed by atoms with Crippen LogP contribution in [0.25, 0.3) is 11.0 Å². The highest BCUT2D eigenvalue weighted by molar-refractivity contribution is 6.15. The quantitative estimate of drug-likeness (QED) is 0.587. The number of allylic oxidation sites excluding steroid dienone is 3. The Morgan fingerprint density at radius 3 is 2.63 bits per heavy atom. The van der Waals surface area contributed by atoms with Gasteiger partial charge in [-0.3, -0.25) is 4.79 Å². The monoisotopic (exact) mass is 368 g/mol. The van der Waals surface area contributed by atoms with Gasteiger partial charge >= 0.3 is 5.97 Å². The van der Waals surface area contributed by atoms with Gasteiger partial charge in [-0.25, -0.2) is 4.79 Å². The molecular weight excluding hydrogens is 348 g/mol. The second-order valence-corrected chi connectivity index (χ2v) is 7.40. The highest BCUT2D eigenvalue weighted by atomic mass is 16.5. The fraction of sp³-hybridized carbons (Fsp3) is 0.333. The first-order valence-electron chi connectivity index (χ1n) is 8.74. The summed E-state index contributed by atoms with van der Waals surface area (Å²) >= 11 is 0. The zero-order valence-corrected chi connectivity index (χ0v) is 15.6. The van der Waals surface area contributed by atoms with E-state index in [2.05, 4.69) is 0 Å². The maximum Gasteiger partial charge on any atom is 0.333 e. The third kappa shape index (κ3) is 2.13. The molecule has 2 aliphatic carbocycles. The van der Waals surface area contributed by atoms with Crippen molar-refractivity contribution < 1.29 is 29.0 Å². The predicted octanol–water partition coefficient (Wildman–Crippen LogP) is 3.82. The summed E-state index contributed by atoms with van der Waals surface area (Å²) in [4.78, 5) is 25.0. The minimum absolute atomic E-state index is 0.0985. The molecule has 0 radical (unpaired) electrons. The number of methoxy groups -OCH3 is 1. The third-order valence-electron chi connectivity index (χ3n) is 5.88. The standard InChI is InChI=1S/C21H20O6/c1-9-7-12-17(23)15-14(22)8-13-10(2)11(20(25)26-4)5-6-21(13,3)16(15)18(24)19(12)27-9/h7-8,23-24H,5-6H2,1-4H3. The van der Waals surface area contributed by atoms with Crippen molar-refractivity contribution in [3.8, 4) is 11.5 Å². The average Bonchev–Trinajstić information content (AvgIpc) is 3.02. The predicted molar refractivity (Wildman–Crippen MR) is 98.0 cm³/mol. The molecule has 0 saturated heterocycles. The number of ether oxygens (including phenoxy) is 1. The van der Waals surface area contributed by atoms with E-state index in [1.165, 1.54) is 13.2 Å². The first kappa shape index (κ1) is 17.4. The number of rotatable bonds is 1. The summed E-state index contributed by atoms with van der Waals surface area (Å²) in [5.74, 6) is -0.621. The summed E-state index contributed by atoms with van der Waals surface area (Å²) < 4.78 is 10.4. The number of hydrogen-bond acceptors (Lipinski definition) is 6. The van der Waals surface area contributed by atoms with Gasteiger partial charge in [-0.2, -0.15) is 0 Å². The van der Waals surface area contributed by atoms with Crippen LogP contribution in [-0.4, -0.2) is 29.1 Å².